The lowest BCUT2D eigenvalue weighted by atomic mass is 9.86. The number of rotatable bonds is 3. The minimum absolute atomic E-state index is 0.000410. The van der Waals surface area contributed by atoms with Crippen LogP contribution in [-0.4, -0.2) is 11.8 Å². The Kier molecular flexibility index (Phi) is 4.38. The molecule has 1 unspecified atom stereocenters. The maximum atomic E-state index is 12.8. The van der Waals surface area contributed by atoms with Gasteiger partial charge in [-0.2, -0.15) is 11.3 Å². The number of carbonyl (C=O) groups is 2. The van der Waals surface area contributed by atoms with Crippen molar-refractivity contribution < 1.29 is 9.59 Å². The van der Waals surface area contributed by atoms with Crippen LogP contribution < -0.4 is 10.6 Å². The molecule has 1 aliphatic rings. The van der Waals surface area contributed by atoms with E-state index in [0.29, 0.717) is 11.3 Å². The zero-order valence-electron chi connectivity index (χ0n) is 14.5. The molecule has 2 aromatic heterocycles. The molecule has 0 spiro atoms. The molecule has 4 nitrogen and oxygen atoms in total. The van der Waals surface area contributed by atoms with Crippen LogP contribution in [0.15, 0.2) is 41.1 Å². The van der Waals surface area contributed by atoms with Gasteiger partial charge in [-0.05, 0) is 59.5 Å². The molecule has 26 heavy (non-hydrogen) atoms. The Bertz CT molecular complexity index is 972. The third-order valence-corrected chi connectivity index (χ3v) is 6.57. The number of thiophene rings is 2. The fourth-order valence-electron chi connectivity index (χ4n) is 3.30. The molecule has 0 radical (unpaired) electrons. The van der Waals surface area contributed by atoms with Crippen molar-refractivity contribution in [2.24, 2.45) is 0 Å². The number of aryl methyl sites for hydroxylation is 1. The van der Waals surface area contributed by atoms with Crippen molar-refractivity contribution in [1.82, 2.24) is 0 Å². The predicted molar refractivity (Wildman–Crippen MR) is 108 cm³/mol. The van der Waals surface area contributed by atoms with Crippen molar-refractivity contribution in [3.05, 3.63) is 68.2 Å². The van der Waals surface area contributed by atoms with Gasteiger partial charge in [-0.15, -0.1) is 11.3 Å². The molecule has 0 bridgehead atoms. The van der Waals surface area contributed by atoms with Crippen molar-refractivity contribution in [3.8, 4) is 0 Å². The van der Waals surface area contributed by atoms with Crippen LogP contribution in [0.3, 0.4) is 0 Å². The number of amides is 2. The van der Waals surface area contributed by atoms with Gasteiger partial charge < -0.3 is 10.6 Å². The number of hydrogen-bond acceptors (Lipinski definition) is 4. The molecule has 1 aliphatic heterocycles. The van der Waals surface area contributed by atoms with E-state index in [4.69, 9.17) is 0 Å². The zero-order chi connectivity index (χ0) is 18.3. The highest BCUT2D eigenvalue weighted by molar-refractivity contribution is 7.18. The highest BCUT2D eigenvalue weighted by Crippen LogP contribution is 2.45. The smallest absolute Gasteiger partial charge is 0.266 e. The van der Waals surface area contributed by atoms with E-state index in [1.54, 1.807) is 11.3 Å². The van der Waals surface area contributed by atoms with E-state index in [2.05, 4.69) is 22.1 Å². The molecule has 2 amide bonds. The Morgan fingerprint density at radius 2 is 1.96 bits per heavy atom. The lowest BCUT2D eigenvalue weighted by Crippen LogP contribution is -2.22. The molecule has 0 fully saturated rings. The second kappa shape index (κ2) is 6.70. The summed E-state index contributed by atoms with van der Waals surface area (Å²) in [5, 5.41) is 10.8. The molecule has 1 atom stereocenters. The van der Waals surface area contributed by atoms with Gasteiger partial charge in [-0.25, -0.2) is 0 Å². The van der Waals surface area contributed by atoms with Crippen molar-refractivity contribution >= 4 is 45.2 Å². The standard InChI is InChI=1S/C20H18N2O2S2/c1-11-3-5-14(6-4-11)21-19(24)18-12(2)17-15(13-7-8-25-10-13)9-16(23)22-20(17)26-18/h3-8,10,15H,9H2,1-2H3,(H,21,24)(H,22,23). The highest BCUT2D eigenvalue weighted by Gasteiger charge is 2.32. The van der Waals surface area contributed by atoms with Crippen LogP contribution in [0.4, 0.5) is 10.7 Å². The average Bonchev–Trinajstić information content (AvgIpc) is 3.25. The topological polar surface area (TPSA) is 58.2 Å². The lowest BCUT2D eigenvalue weighted by Gasteiger charge is -2.23. The van der Waals surface area contributed by atoms with Gasteiger partial charge in [0, 0.05) is 18.0 Å². The Balaban J connectivity index is 1.69. The maximum Gasteiger partial charge on any atom is 0.266 e. The first-order chi connectivity index (χ1) is 12.5. The second-order valence-corrected chi connectivity index (χ2v) is 8.28. The summed E-state index contributed by atoms with van der Waals surface area (Å²) in [6.45, 7) is 3.98. The number of fused-ring (bicyclic) bond motifs is 1. The summed E-state index contributed by atoms with van der Waals surface area (Å²) in [5.41, 5.74) is 5.07. The van der Waals surface area contributed by atoms with Crippen LogP contribution in [0.25, 0.3) is 0 Å². The van der Waals surface area contributed by atoms with Gasteiger partial charge in [0.15, 0.2) is 0 Å². The molecule has 2 N–H and O–H groups in total. The number of benzene rings is 1. The van der Waals surface area contributed by atoms with Crippen molar-refractivity contribution in [3.63, 3.8) is 0 Å². The van der Waals surface area contributed by atoms with Gasteiger partial charge in [0.2, 0.25) is 5.91 Å². The second-order valence-electron chi connectivity index (χ2n) is 6.48. The minimum atomic E-state index is -0.135. The summed E-state index contributed by atoms with van der Waals surface area (Å²) in [6, 6.07) is 9.78. The highest BCUT2D eigenvalue weighted by atomic mass is 32.1. The SMILES string of the molecule is Cc1ccc(NC(=O)c2sc3c(c2C)C(c2ccsc2)CC(=O)N3)cc1. The lowest BCUT2D eigenvalue weighted by molar-refractivity contribution is -0.116. The van der Waals surface area contributed by atoms with Crippen molar-refractivity contribution in [2.45, 2.75) is 26.2 Å². The maximum absolute atomic E-state index is 12.8. The van der Waals surface area contributed by atoms with Crippen LogP contribution >= 0.6 is 22.7 Å². The molecule has 4 rings (SSSR count). The van der Waals surface area contributed by atoms with Crippen LogP contribution in [-0.2, 0) is 4.79 Å². The molecule has 3 heterocycles. The van der Waals surface area contributed by atoms with Gasteiger partial charge in [-0.3, -0.25) is 9.59 Å². The van der Waals surface area contributed by atoms with Gasteiger partial charge in [0.05, 0.1) is 9.88 Å². The molecular weight excluding hydrogens is 364 g/mol. The van der Waals surface area contributed by atoms with E-state index in [0.717, 1.165) is 32.9 Å². The number of nitrogens with one attached hydrogen (secondary N) is 2. The van der Waals surface area contributed by atoms with Crippen LogP contribution in [0, 0.1) is 13.8 Å². The normalized spacial score (nSPS) is 16.1. The third kappa shape index (κ3) is 3.06. The molecule has 132 valence electrons. The van der Waals surface area contributed by atoms with Crippen LogP contribution in [0.1, 0.15) is 44.3 Å². The Morgan fingerprint density at radius 1 is 1.19 bits per heavy atom. The largest absolute Gasteiger partial charge is 0.321 e. The summed E-state index contributed by atoms with van der Waals surface area (Å²) < 4.78 is 0. The Morgan fingerprint density at radius 3 is 2.65 bits per heavy atom. The number of anilines is 2. The van der Waals surface area contributed by atoms with Gasteiger partial charge >= 0.3 is 0 Å². The van der Waals surface area contributed by atoms with E-state index in [9.17, 15) is 9.59 Å². The third-order valence-electron chi connectivity index (χ3n) is 4.65. The van der Waals surface area contributed by atoms with E-state index < -0.39 is 0 Å². The summed E-state index contributed by atoms with van der Waals surface area (Å²) in [6.07, 6.45) is 0.417. The first-order valence-corrected chi connectivity index (χ1v) is 10.1. The minimum Gasteiger partial charge on any atom is -0.321 e. The van der Waals surface area contributed by atoms with Gasteiger partial charge in [-0.1, -0.05) is 17.7 Å². The van der Waals surface area contributed by atoms with Gasteiger partial charge in [0.1, 0.15) is 0 Å². The molecular formula is C20H18N2O2S2. The fourth-order valence-corrected chi connectivity index (χ4v) is 5.20. The van der Waals surface area contributed by atoms with Gasteiger partial charge in [0.25, 0.3) is 5.91 Å². The average molecular weight is 383 g/mol. The van der Waals surface area contributed by atoms with Crippen LogP contribution in [0.5, 0.6) is 0 Å². The van der Waals surface area contributed by atoms with Crippen molar-refractivity contribution in [1.29, 1.82) is 0 Å². The molecule has 0 aliphatic carbocycles. The fraction of sp³-hybridized carbons (Fsp3) is 0.200. The first kappa shape index (κ1) is 17.0. The molecule has 0 saturated carbocycles. The zero-order valence-corrected chi connectivity index (χ0v) is 16.1. The summed E-state index contributed by atoms with van der Waals surface area (Å²) in [7, 11) is 0. The van der Waals surface area contributed by atoms with Crippen LogP contribution in [0.2, 0.25) is 0 Å². The summed E-state index contributed by atoms with van der Waals surface area (Å²) in [5.74, 6) is -0.119. The van der Waals surface area contributed by atoms with E-state index >= 15 is 0 Å². The van der Waals surface area contributed by atoms with Crippen molar-refractivity contribution in [2.75, 3.05) is 10.6 Å². The molecule has 6 heteroatoms. The molecule has 3 aromatic rings. The summed E-state index contributed by atoms with van der Waals surface area (Å²) >= 11 is 2.98. The summed E-state index contributed by atoms with van der Waals surface area (Å²) in [4.78, 5) is 25.6. The quantitative estimate of drug-likeness (QED) is 0.658. The Hall–Kier alpha value is -2.44. The number of carbonyl (C=O) groups excluding carboxylic acids is 2. The van der Waals surface area contributed by atoms with E-state index in [1.165, 1.54) is 11.3 Å². The monoisotopic (exact) mass is 382 g/mol. The first-order valence-electron chi connectivity index (χ1n) is 8.36. The number of hydrogen-bond donors (Lipinski definition) is 2. The molecule has 1 aromatic carbocycles. The molecule has 0 saturated heterocycles. The van der Waals surface area contributed by atoms with E-state index in [-0.39, 0.29) is 17.7 Å². The Labute approximate surface area is 159 Å². The predicted octanol–water partition coefficient (Wildman–Crippen LogP) is 5.15. The van der Waals surface area contributed by atoms with E-state index in [1.807, 2.05) is 43.5 Å².